The zero-order chi connectivity index (χ0) is 19.1. The van der Waals surface area contributed by atoms with Crippen molar-refractivity contribution in [2.75, 3.05) is 26.2 Å². The summed E-state index contributed by atoms with van der Waals surface area (Å²) in [6.45, 7) is 8.00. The summed E-state index contributed by atoms with van der Waals surface area (Å²) in [5.41, 5.74) is 3.25. The number of hydrogen-bond donors (Lipinski definition) is 1. The number of pyridine rings is 1. The fourth-order valence-electron chi connectivity index (χ4n) is 3.05. The lowest BCUT2D eigenvalue weighted by Gasteiger charge is -2.20. The van der Waals surface area contributed by atoms with E-state index >= 15 is 0 Å². The topological polar surface area (TPSA) is 63.1 Å². The number of amides is 1. The van der Waals surface area contributed by atoms with Gasteiger partial charge in [0.1, 0.15) is 11.8 Å². The highest BCUT2D eigenvalue weighted by atomic mass is 16.1. The first kappa shape index (κ1) is 19.0. The molecule has 27 heavy (non-hydrogen) atoms. The second kappa shape index (κ2) is 9.28. The average Bonchev–Trinajstić information content (AvgIpc) is 3.14. The van der Waals surface area contributed by atoms with Crippen LogP contribution in [0.4, 0.5) is 0 Å². The third-order valence-electron chi connectivity index (χ3n) is 4.70. The van der Waals surface area contributed by atoms with Gasteiger partial charge in [-0.15, -0.1) is 0 Å². The van der Waals surface area contributed by atoms with E-state index in [4.69, 9.17) is 0 Å². The highest BCUT2D eigenvalue weighted by molar-refractivity contribution is 5.94. The molecule has 2 aromatic heterocycles. The van der Waals surface area contributed by atoms with E-state index in [1.807, 2.05) is 41.0 Å². The summed E-state index contributed by atoms with van der Waals surface area (Å²) in [7, 11) is 0. The summed E-state index contributed by atoms with van der Waals surface area (Å²) in [4.78, 5) is 23.5. The van der Waals surface area contributed by atoms with Gasteiger partial charge in [0.05, 0.1) is 0 Å². The Hall–Kier alpha value is -2.73. The number of carbonyl (C=O) groups excluding carboxylic acids is 1. The summed E-state index contributed by atoms with van der Waals surface area (Å²) >= 11 is 0. The second-order valence-electron chi connectivity index (χ2n) is 6.55. The molecule has 0 aliphatic heterocycles. The molecule has 1 N–H and O–H groups in total. The predicted molar refractivity (Wildman–Crippen MR) is 108 cm³/mol. The SMILES string of the molecule is CCCCN(CC)CCNC(=O)c1ccc(-n2cnc3cccnc32)cc1. The van der Waals surface area contributed by atoms with Crippen LogP contribution in [0.2, 0.25) is 0 Å². The molecule has 0 aliphatic rings. The van der Waals surface area contributed by atoms with E-state index in [0.29, 0.717) is 12.1 Å². The number of imidazole rings is 1. The Balaban J connectivity index is 1.59. The van der Waals surface area contributed by atoms with E-state index in [0.717, 1.165) is 36.5 Å². The monoisotopic (exact) mass is 365 g/mol. The van der Waals surface area contributed by atoms with Crippen LogP contribution in [-0.4, -0.2) is 51.5 Å². The van der Waals surface area contributed by atoms with Gasteiger partial charge < -0.3 is 10.2 Å². The van der Waals surface area contributed by atoms with Crippen molar-refractivity contribution in [1.82, 2.24) is 24.8 Å². The van der Waals surface area contributed by atoms with Gasteiger partial charge in [0.2, 0.25) is 0 Å². The van der Waals surface area contributed by atoms with E-state index in [-0.39, 0.29) is 5.91 Å². The quantitative estimate of drug-likeness (QED) is 0.632. The Morgan fingerprint density at radius 3 is 2.67 bits per heavy atom. The van der Waals surface area contributed by atoms with Gasteiger partial charge in [-0.25, -0.2) is 9.97 Å². The van der Waals surface area contributed by atoms with E-state index < -0.39 is 0 Å². The number of aromatic nitrogens is 3. The van der Waals surface area contributed by atoms with E-state index in [1.165, 1.54) is 12.8 Å². The number of benzene rings is 1. The average molecular weight is 365 g/mol. The first-order valence-electron chi connectivity index (χ1n) is 9.62. The Morgan fingerprint density at radius 1 is 1.11 bits per heavy atom. The number of fused-ring (bicyclic) bond motifs is 1. The van der Waals surface area contributed by atoms with Crippen LogP contribution in [-0.2, 0) is 0 Å². The molecule has 6 heteroatoms. The lowest BCUT2D eigenvalue weighted by atomic mass is 10.2. The van der Waals surface area contributed by atoms with Gasteiger partial charge >= 0.3 is 0 Å². The molecule has 0 saturated heterocycles. The predicted octanol–water partition coefficient (Wildman–Crippen LogP) is 3.27. The molecule has 0 aliphatic carbocycles. The highest BCUT2D eigenvalue weighted by Gasteiger charge is 2.09. The van der Waals surface area contributed by atoms with Crippen LogP contribution < -0.4 is 5.32 Å². The van der Waals surface area contributed by atoms with Gasteiger partial charge in [-0.3, -0.25) is 9.36 Å². The number of nitrogens with zero attached hydrogens (tertiary/aromatic N) is 4. The summed E-state index contributed by atoms with van der Waals surface area (Å²) in [6.07, 6.45) is 5.89. The molecule has 142 valence electrons. The van der Waals surface area contributed by atoms with Gasteiger partial charge in [-0.2, -0.15) is 0 Å². The molecule has 6 nitrogen and oxygen atoms in total. The van der Waals surface area contributed by atoms with Crippen LogP contribution in [0.3, 0.4) is 0 Å². The molecule has 0 saturated carbocycles. The highest BCUT2D eigenvalue weighted by Crippen LogP contribution is 2.16. The van der Waals surface area contributed by atoms with Crippen molar-refractivity contribution in [2.24, 2.45) is 0 Å². The van der Waals surface area contributed by atoms with E-state index in [2.05, 4.69) is 34.0 Å². The van der Waals surface area contributed by atoms with Gasteiger partial charge in [0.25, 0.3) is 5.91 Å². The molecule has 2 heterocycles. The van der Waals surface area contributed by atoms with Gasteiger partial charge in [0, 0.05) is 30.5 Å². The molecule has 0 radical (unpaired) electrons. The lowest BCUT2D eigenvalue weighted by molar-refractivity contribution is 0.0948. The fourth-order valence-corrected chi connectivity index (χ4v) is 3.05. The minimum Gasteiger partial charge on any atom is -0.351 e. The maximum Gasteiger partial charge on any atom is 0.251 e. The van der Waals surface area contributed by atoms with Gasteiger partial charge in [-0.1, -0.05) is 20.3 Å². The van der Waals surface area contributed by atoms with Crippen LogP contribution in [0.5, 0.6) is 0 Å². The molecule has 0 bridgehead atoms. The molecular formula is C21H27N5O. The van der Waals surface area contributed by atoms with Crippen molar-refractivity contribution in [3.63, 3.8) is 0 Å². The molecule has 0 spiro atoms. The van der Waals surface area contributed by atoms with Crippen molar-refractivity contribution in [2.45, 2.75) is 26.7 Å². The standard InChI is InChI=1S/C21H27N5O/c1-3-5-14-25(4-2)15-13-23-21(27)17-8-10-18(11-9-17)26-16-24-19-7-6-12-22-20(19)26/h6-12,16H,3-5,13-15H2,1-2H3,(H,23,27). The summed E-state index contributed by atoms with van der Waals surface area (Å²) in [6, 6.07) is 11.3. The van der Waals surface area contributed by atoms with Crippen molar-refractivity contribution in [1.29, 1.82) is 0 Å². The zero-order valence-corrected chi connectivity index (χ0v) is 16.1. The Kier molecular flexibility index (Phi) is 6.54. The van der Waals surface area contributed by atoms with Gasteiger partial charge in [0.15, 0.2) is 5.65 Å². The van der Waals surface area contributed by atoms with Gasteiger partial charge in [-0.05, 0) is 55.9 Å². The third-order valence-corrected chi connectivity index (χ3v) is 4.70. The van der Waals surface area contributed by atoms with Crippen molar-refractivity contribution in [3.8, 4) is 5.69 Å². The van der Waals surface area contributed by atoms with Crippen LogP contribution >= 0.6 is 0 Å². The summed E-state index contributed by atoms with van der Waals surface area (Å²) in [5.74, 6) is -0.0401. The number of rotatable bonds is 9. The Morgan fingerprint density at radius 2 is 1.93 bits per heavy atom. The lowest BCUT2D eigenvalue weighted by Crippen LogP contribution is -2.35. The molecule has 3 aromatic rings. The molecule has 0 fully saturated rings. The summed E-state index contributed by atoms with van der Waals surface area (Å²) < 4.78 is 1.92. The van der Waals surface area contributed by atoms with Crippen LogP contribution in [0, 0.1) is 0 Å². The van der Waals surface area contributed by atoms with Crippen LogP contribution in [0.1, 0.15) is 37.0 Å². The molecule has 3 rings (SSSR count). The third kappa shape index (κ3) is 4.71. The first-order valence-corrected chi connectivity index (χ1v) is 9.62. The smallest absolute Gasteiger partial charge is 0.251 e. The molecule has 0 unspecified atom stereocenters. The Labute approximate surface area is 160 Å². The molecule has 1 aromatic carbocycles. The minimum absolute atomic E-state index is 0.0401. The number of hydrogen-bond acceptors (Lipinski definition) is 4. The summed E-state index contributed by atoms with van der Waals surface area (Å²) in [5, 5.41) is 3.01. The van der Waals surface area contributed by atoms with Crippen molar-refractivity contribution >= 4 is 17.1 Å². The normalized spacial score (nSPS) is 11.2. The van der Waals surface area contributed by atoms with E-state index in [1.54, 1.807) is 12.5 Å². The van der Waals surface area contributed by atoms with Crippen LogP contribution in [0.25, 0.3) is 16.9 Å². The van der Waals surface area contributed by atoms with Crippen molar-refractivity contribution < 1.29 is 4.79 Å². The number of nitrogens with one attached hydrogen (secondary N) is 1. The maximum atomic E-state index is 12.4. The first-order chi connectivity index (χ1) is 13.2. The van der Waals surface area contributed by atoms with Crippen molar-refractivity contribution in [3.05, 3.63) is 54.5 Å². The number of likely N-dealkylation sites (N-methyl/N-ethyl adjacent to an activating group) is 1. The largest absolute Gasteiger partial charge is 0.351 e. The second-order valence-corrected chi connectivity index (χ2v) is 6.55. The minimum atomic E-state index is -0.0401. The molecular weight excluding hydrogens is 338 g/mol. The number of unbranched alkanes of at least 4 members (excludes halogenated alkanes) is 1. The van der Waals surface area contributed by atoms with Crippen LogP contribution in [0.15, 0.2) is 48.9 Å². The molecule has 1 amide bonds. The number of carbonyl (C=O) groups is 1. The fraction of sp³-hybridized carbons (Fsp3) is 0.381. The Bertz CT molecular complexity index is 872. The molecule has 0 atom stereocenters. The maximum absolute atomic E-state index is 12.4. The zero-order valence-electron chi connectivity index (χ0n) is 16.1. The van der Waals surface area contributed by atoms with E-state index in [9.17, 15) is 4.79 Å².